The van der Waals surface area contributed by atoms with Crippen molar-refractivity contribution in [3.05, 3.63) is 161 Å². The molecule has 2 aliphatic rings. The molecule has 3 aromatic carbocycles. The number of aromatic nitrogens is 3. The molecule has 0 atom stereocenters. The van der Waals surface area contributed by atoms with Crippen LogP contribution in [0.15, 0.2) is 72.8 Å². The number of carbonyl (C=O) groups is 3. The first-order valence-corrected chi connectivity index (χ1v) is 29.7. The number of pyridine rings is 3. The van der Waals surface area contributed by atoms with Crippen LogP contribution in [0, 0.1) is 75.0 Å². The van der Waals surface area contributed by atoms with E-state index in [-0.39, 0.29) is 33.8 Å². The average molecular weight is 1240 g/mol. The number of halogens is 4. The van der Waals surface area contributed by atoms with Crippen molar-refractivity contribution in [2.75, 3.05) is 74.3 Å². The average Bonchev–Trinajstić information content (AvgIpc) is 4.21. The van der Waals surface area contributed by atoms with Crippen LogP contribution in [0.5, 0.6) is 11.5 Å². The minimum absolute atomic E-state index is 0.163. The molecule has 2 fully saturated rings. The molecule has 432 valence electrons. The largest absolute Gasteiger partial charge is 0.493 e. The number of nitrogens with zero attached hydrogens (tertiary/aromatic N) is 4. The summed E-state index contributed by atoms with van der Waals surface area (Å²) in [7, 11) is 0. The van der Waals surface area contributed by atoms with Gasteiger partial charge in [-0.25, -0.2) is 23.1 Å². The molecule has 0 radical (unpaired) electrons. The van der Waals surface area contributed by atoms with Gasteiger partial charge in [0.2, 0.25) is 11.6 Å². The number of morpholine rings is 1. The van der Waals surface area contributed by atoms with Gasteiger partial charge >= 0.3 is 0 Å². The van der Waals surface area contributed by atoms with Gasteiger partial charge in [0.1, 0.15) is 59.1 Å². The van der Waals surface area contributed by atoms with E-state index in [1.165, 1.54) is 77.6 Å². The van der Waals surface area contributed by atoms with Crippen LogP contribution in [0.25, 0.3) is 20.4 Å². The minimum atomic E-state index is -0.494. The quantitative estimate of drug-likeness (QED) is 0.0539. The number of fused-ring (bicyclic) bond motifs is 2. The molecular formula is C61H66BrF3N8O6S3. The summed E-state index contributed by atoms with van der Waals surface area (Å²) >= 11 is 10.5. The Morgan fingerprint density at radius 2 is 1.18 bits per heavy atom. The van der Waals surface area contributed by atoms with Gasteiger partial charge in [0.15, 0.2) is 5.78 Å². The molecule has 0 saturated carbocycles. The third-order valence-electron chi connectivity index (χ3n) is 13.3. The molecule has 0 bridgehead atoms. The number of nitrogens with two attached hydrogens (primary N) is 2. The number of hydrogen-bond acceptors (Lipinski definition) is 16. The number of carbonyl (C=O) groups excluding carboxylic acids is 3. The van der Waals surface area contributed by atoms with E-state index in [0.29, 0.717) is 66.4 Å². The topological polar surface area (TPSA) is 212 Å². The number of alkyl halides is 1. The lowest BCUT2D eigenvalue weighted by molar-refractivity contribution is 0.101. The van der Waals surface area contributed by atoms with Crippen LogP contribution in [0.2, 0.25) is 0 Å². The molecule has 0 unspecified atom stereocenters. The summed E-state index contributed by atoms with van der Waals surface area (Å²) < 4.78 is 56.7. The molecule has 0 spiro atoms. The van der Waals surface area contributed by atoms with Crippen molar-refractivity contribution in [1.29, 1.82) is 5.26 Å². The molecule has 7 heterocycles. The monoisotopic (exact) mass is 1240 g/mol. The van der Waals surface area contributed by atoms with Crippen LogP contribution in [-0.2, 0) is 4.74 Å². The highest BCUT2D eigenvalue weighted by Crippen LogP contribution is 2.39. The van der Waals surface area contributed by atoms with Crippen molar-refractivity contribution in [1.82, 2.24) is 20.3 Å². The standard InChI is InChI=1S/C21H22FN3OS.C18H17FN2O2S.C10H10BrFO2.C8H8N2S.C4H9NO/c1-12-10-16-18(23)20(27-21(16)24-13(12)2)19(26)15-11-14(22)6-7-17(15)25-8-4-3-5-9-25;1-4-23-14-6-5-11(19)8-12(14)16(22)17-15(20)13-7-9(2)10(3)21-18(13)24-17;1-2-14-10-4-3-7(12)5-8(10)9(13)6-11;1-5-3-7(4-9)8(11)10-6(5)2;1-3-6-4-2-5-1/h6-7,10-11H,3-5,8-9,23H2,1-2H3;5-8H,4,20H2,1-3H3;3-5H,2,6H2,1H3;3H,1-2H3,(H,10,11);5H,1-4H2. The molecule has 82 heavy (non-hydrogen) atoms. The van der Waals surface area contributed by atoms with E-state index < -0.39 is 17.5 Å². The first-order chi connectivity index (χ1) is 39.2. The second-order valence-corrected chi connectivity index (χ2v) is 22.0. The maximum atomic E-state index is 14.0. The Bertz CT molecular complexity index is 3690. The molecule has 6 N–H and O–H groups in total. The smallest absolute Gasteiger partial charge is 0.208 e. The highest BCUT2D eigenvalue weighted by Gasteiger charge is 2.26. The summed E-state index contributed by atoms with van der Waals surface area (Å²) in [5, 5.41) is 13.5. The van der Waals surface area contributed by atoms with Crippen molar-refractivity contribution in [3.63, 3.8) is 0 Å². The molecule has 0 amide bonds. The fraction of sp³-hybridized carbons (Fsp3) is 0.328. The number of hydrogen-bond donors (Lipinski definition) is 4. The number of nitrogen functional groups attached to an aromatic ring is 2. The number of nitriles is 1. The predicted octanol–water partition coefficient (Wildman–Crippen LogP) is 13.8. The Labute approximate surface area is 497 Å². The Balaban J connectivity index is 0.000000178. The molecule has 8 aromatic rings. The summed E-state index contributed by atoms with van der Waals surface area (Å²) in [5.74, 6) is -1.33. The molecule has 5 aromatic heterocycles. The number of aromatic amines is 1. The van der Waals surface area contributed by atoms with E-state index in [4.69, 9.17) is 43.2 Å². The van der Waals surface area contributed by atoms with Crippen LogP contribution in [0.3, 0.4) is 0 Å². The Morgan fingerprint density at radius 1 is 0.707 bits per heavy atom. The first-order valence-electron chi connectivity index (χ1n) is 26.5. The van der Waals surface area contributed by atoms with Crippen LogP contribution in [0.4, 0.5) is 30.2 Å². The van der Waals surface area contributed by atoms with E-state index in [0.717, 1.165) is 107 Å². The minimum Gasteiger partial charge on any atom is -0.493 e. The van der Waals surface area contributed by atoms with Crippen molar-refractivity contribution in [2.45, 2.75) is 74.7 Å². The van der Waals surface area contributed by atoms with Gasteiger partial charge in [-0.15, -0.1) is 22.7 Å². The van der Waals surface area contributed by atoms with Crippen LogP contribution < -0.4 is 31.2 Å². The number of nitrogens with one attached hydrogen (secondary N) is 2. The molecule has 0 aliphatic carbocycles. The van der Waals surface area contributed by atoms with E-state index in [9.17, 15) is 27.6 Å². The SMILES string of the molecule is C1COCCN1.CCOc1ccc(F)cc1C(=O)CBr.CCOc1ccc(F)cc1C(=O)c1sc2nc(C)c(C)cc2c1N.Cc1cc(C#N)c(=S)[nH]c1C.Cc1cc2c(N)c(C(=O)c3cc(F)ccc3N3CCCCC3)sc2nc1C. The third-order valence-corrected chi connectivity index (χ3v) is 16.3. The number of H-pyrrole nitrogens is 1. The van der Waals surface area contributed by atoms with Gasteiger partial charge in [0.25, 0.3) is 0 Å². The summed E-state index contributed by atoms with van der Waals surface area (Å²) in [4.78, 5) is 54.0. The number of anilines is 3. The lowest BCUT2D eigenvalue weighted by Gasteiger charge is -2.30. The van der Waals surface area contributed by atoms with Gasteiger partial charge in [0, 0.05) is 65.3 Å². The zero-order valence-electron chi connectivity index (χ0n) is 47.0. The molecule has 2 aliphatic heterocycles. The number of benzene rings is 3. The molecule has 21 heteroatoms. The number of Topliss-reactive ketones (excluding diaryl/α,β-unsaturated/α-hetero) is 1. The van der Waals surface area contributed by atoms with E-state index in [2.05, 4.69) is 41.1 Å². The summed E-state index contributed by atoms with van der Waals surface area (Å²) in [6, 6.07) is 20.0. The Kier molecular flexibility index (Phi) is 23.7. The molecule has 2 saturated heterocycles. The Hall–Kier alpha value is -7.06. The summed E-state index contributed by atoms with van der Waals surface area (Å²) in [6.45, 7) is 21.7. The maximum absolute atomic E-state index is 14.0. The van der Waals surface area contributed by atoms with E-state index >= 15 is 0 Å². The third kappa shape index (κ3) is 16.4. The summed E-state index contributed by atoms with van der Waals surface area (Å²) in [5.41, 5.74) is 21.4. The first kappa shape index (κ1) is 64.1. The number of thiophene rings is 2. The number of aryl methyl sites for hydroxylation is 6. The second-order valence-electron chi connectivity index (χ2n) is 19.0. The summed E-state index contributed by atoms with van der Waals surface area (Å²) in [6.07, 6.45) is 3.35. The number of ether oxygens (including phenoxy) is 3. The number of ketones is 3. The van der Waals surface area contributed by atoms with Gasteiger partial charge in [-0.1, -0.05) is 28.1 Å². The molecule has 10 rings (SSSR count). The highest BCUT2D eigenvalue weighted by atomic mass is 79.9. The fourth-order valence-corrected chi connectivity index (χ4v) is 11.2. The molecular weight excluding hydrogens is 1170 g/mol. The van der Waals surface area contributed by atoms with Gasteiger partial charge in [-0.05, 0) is 164 Å². The second kappa shape index (κ2) is 30.3. The van der Waals surface area contributed by atoms with E-state index in [1.54, 1.807) is 19.1 Å². The van der Waals surface area contributed by atoms with E-state index in [1.807, 2.05) is 66.7 Å². The van der Waals surface area contributed by atoms with Crippen LogP contribution in [0.1, 0.15) is 113 Å². The van der Waals surface area contributed by atoms with Crippen molar-refractivity contribution < 1.29 is 41.8 Å². The van der Waals surface area contributed by atoms with Crippen LogP contribution in [-0.4, -0.2) is 90.2 Å². The predicted molar refractivity (Wildman–Crippen MR) is 329 cm³/mol. The lowest BCUT2D eigenvalue weighted by atomic mass is 10.0. The zero-order valence-corrected chi connectivity index (χ0v) is 51.1. The normalized spacial score (nSPS) is 12.7. The van der Waals surface area contributed by atoms with Gasteiger partial charge in [-0.3, -0.25) is 14.4 Å². The van der Waals surface area contributed by atoms with Crippen molar-refractivity contribution in [2.24, 2.45) is 0 Å². The van der Waals surface area contributed by atoms with Crippen molar-refractivity contribution in [3.8, 4) is 17.6 Å². The van der Waals surface area contributed by atoms with Gasteiger partial charge < -0.3 is 40.9 Å². The Morgan fingerprint density at radius 3 is 1.65 bits per heavy atom. The van der Waals surface area contributed by atoms with Crippen LogP contribution >= 0.6 is 50.8 Å². The number of piperidine rings is 1. The fourth-order valence-electron chi connectivity index (χ4n) is 8.50. The lowest BCUT2D eigenvalue weighted by Crippen LogP contribution is -2.30. The maximum Gasteiger partial charge on any atom is 0.208 e. The number of rotatable bonds is 11. The van der Waals surface area contributed by atoms with Gasteiger partial charge in [0.05, 0.1) is 59.8 Å². The zero-order chi connectivity index (χ0) is 59.8. The van der Waals surface area contributed by atoms with Gasteiger partial charge in [-0.2, -0.15) is 5.26 Å². The van der Waals surface area contributed by atoms with Crippen molar-refractivity contribution >= 4 is 106 Å². The molecule has 14 nitrogen and oxygen atoms in total. The highest BCUT2D eigenvalue weighted by molar-refractivity contribution is 9.09.